The van der Waals surface area contributed by atoms with Crippen molar-refractivity contribution in [1.82, 2.24) is 0 Å². The van der Waals surface area contributed by atoms with E-state index in [1.54, 1.807) is 0 Å². The van der Waals surface area contributed by atoms with Crippen LogP contribution in [0.5, 0.6) is 0 Å². The molecule has 0 fully saturated rings. The molecular weight excluding hydrogens is 368 g/mol. The lowest BCUT2D eigenvalue weighted by Gasteiger charge is -2.21. The van der Waals surface area contributed by atoms with E-state index in [0.29, 0.717) is 0 Å². The van der Waals surface area contributed by atoms with Crippen LogP contribution in [0.3, 0.4) is 0 Å². The highest BCUT2D eigenvalue weighted by Gasteiger charge is 2.21. The third-order valence-corrected chi connectivity index (χ3v) is 6.59. The lowest BCUT2D eigenvalue weighted by atomic mass is 10.4. The average molecular weight is 378 g/mol. The van der Waals surface area contributed by atoms with E-state index >= 15 is 0 Å². The maximum Gasteiger partial charge on any atom is 0.0404 e. The zero-order valence-corrected chi connectivity index (χ0v) is 13.7. The molecule has 0 saturated carbocycles. The second-order valence-corrected chi connectivity index (χ2v) is 7.43. The number of benzene rings is 1. The van der Waals surface area contributed by atoms with E-state index in [-0.39, 0.29) is 0 Å². The number of rotatable bonds is 0. The van der Waals surface area contributed by atoms with Crippen molar-refractivity contribution in [2.75, 3.05) is 0 Å². The molecule has 16 heavy (non-hydrogen) atoms. The lowest BCUT2D eigenvalue weighted by Crippen LogP contribution is -1.93. The van der Waals surface area contributed by atoms with Crippen molar-refractivity contribution in [3.8, 4) is 0 Å². The molecular formula is C12H10Br2S2. The molecule has 0 aromatic heterocycles. The van der Waals surface area contributed by atoms with Gasteiger partial charge in [-0.2, -0.15) is 0 Å². The molecule has 0 amide bonds. The van der Waals surface area contributed by atoms with Crippen molar-refractivity contribution in [2.45, 2.75) is 23.6 Å². The van der Waals surface area contributed by atoms with Gasteiger partial charge in [-0.05, 0) is 41.9 Å². The summed E-state index contributed by atoms with van der Waals surface area (Å²) in [6.07, 6.45) is 2.17. The molecule has 0 radical (unpaired) electrons. The number of fused-ring (bicyclic) bond motifs is 1. The molecule has 0 spiro atoms. The maximum absolute atomic E-state index is 3.61. The van der Waals surface area contributed by atoms with Crippen molar-refractivity contribution < 1.29 is 0 Å². The molecule has 84 valence electrons. The minimum absolute atomic E-state index is 1.17. The highest BCUT2D eigenvalue weighted by atomic mass is 79.9. The minimum atomic E-state index is 1.17. The second kappa shape index (κ2) is 5.34. The van der Waals surface area contributed by atoms with Crippen molar-refractivity contribution in [1.29, 1.82) is 0 Å². The Balaban J connectivity index is 2.55. The smallest absolute Gasteiger partial charge is 0.0404 e. The molecule has 0 nitrogen and oxygen atoms in total. The van der Waals surface area contributed by atoms with E-state index in [0.717, 1.165) is 0 Å². The predicted molar refractivity (Wildman–Crippen MR) is 81.2 cm³/mol. The van der Waals surface area contributed by atoms with E-state index in [4.69, 9.17) is 0 Å². The molecule has 1 heterocycles. The predicted octanol–water partition coefficient (Wildman–Crippen LogP) is 6.18. The summed E-state index contributed by atoms with van der Waals surface area (Å²) < 4.78 is 2.36. The van der Waals surface area contributed by atoms with Gasteiger partial charge in [0.05, 0.1) is 0 Å². The number of hydrogen-bond acceptors (Lipinski definition) is 2. The van der Waals surface area contributed by atoms with E-state index in [2.05, 4.69) is 70.0 Å². The summed E-state index contributed by atoms with van der Waals surface area (Å²) in [5.41, 5.74) is 0. The van der Waals surface area contributed by atoms with Crippen LogP contribution in [-0.2, 0) is 0 Å². The summed E-state index contributed by atoms with van der Waals surface area (Å²) in [6.45, 7) is 4.18. The molecule has 1 aromatic rings. The molecule has 0 bridgehead atoms. The Labute approximate surface area is 121 Å². The Morgan fingerprint density at radius 2 is 2.06 bits per heavy atom. The first-order valence-electron chi connectivity index (χ1n) is 4.80. The first-order valence-corrected chi connectivity index (χ1v) is 8.02. The van der Waals surface area contributed by atoms with E-state index in [9.17, 15) is 0 Å². The normalized spacial score (nSPS) is 20.9. The molecule has 4 heteroatoms. The van der Waals surface area contributed by atoms with E-state index in [1.807, 2.05) is 23.5 Å². The Bertz CT molecular complexity index is 486. The number of thioether (sulfide) groups is 2. The lowest BCUT2D eigenvalue weighted by molar-refractivity contribution is 1.22. The van der Waals surface area contributed by atoms with Gasteiger partial charge in [0, 0.05) is 28.6 Å². The molecule has 0 N–H and O–H groups in total. The van der Waals surface area contributed by atoms with Crippen molar-refractivity contribution in [3.63, 3.8) is 0 Å². The number of allylic oxidation sites excluding steroid dienone is 2. The van der Waals surface area contributed by atoms with Gasteiger partial charge >= 0.3 is 0 Å². The SMILES string of the molecule is CC=C1Sc2cccc(Br)c2SC1=C(C)Br. The van der Waals surface area contributed by atoms with Crippen LogP contribution in [0.25, 0.3) is 0 Å². The van der Waals surface area contributed by atoms with Gasteiger partial charge in [0.2, 0.25) is 0 Å². The van der Waals surface area contributed by atoms with Crippen LogP contribution < -0.4 is 0 Å². The standard InChI is InChI=1S/C12H10Br2S2/c1-3-9-11(7(2)13)16-12-8(14)5-4-6-10(12)15-9/h3-6H,1-2H3. The minimum Gasteiger partial charge on any atom is -0.0880 e. The number of hydrogen-bond donors (Lipinski definition) is 0. The fraction of sp³-hybridized carbons (Fsp3) is 0.167. The van der Waals surface area contributed by atoms with Gasteiger partial charge in [0.15, 0.2) is 0 Å². The molecule has 0 atom stereocenters. The Hall–Kier alpha value is 0.360. The molecule has 0 aliphatic carbocycles. The van der Waals surface area contributed by atoms with Crippen molar-refractivity contribution in [3.05, 3.63) is 43.0 Å². The zero-order chi connectivity index (χ0) is 11.7. The Kier molecular flexibility index (Phi) is 4.27. The van der Waals surface area contributed by atoms with E-state index < -0.39 is 0 Å². The van der Waals surface area contributed by atoms with Gasteiger partial charge in [-0.3, -0.25) is 0 Å². The fourth-order valence-electron chi connectivity index (χ4n) is 1.42. The Morgan fingerprint density at radius 3 is 2.69 bits per heavy atom. The van der Waals surface area contributed by atoms with Crippen LogP contribution >= 0.6 is 55.4 Å². The van der Waals surface area contributed by atoms with Gasteiger partial charge < -0.3 is 0 Å². The first kappa shape index (κ1) is 12.8. The average Bonchev–Trinajstić information content (AvgIpc) is 2.27. The summed E-state index contributed by atoms with van der Waals surface area (Å²) in [7, 11) is 0. The largest absolute Gasteiger partial charge is 0.0880 e. The van der Waals surface area contributed by atoms with Gasteiger partial charge in [-0.15, -0.1) is 0 Å². The Morgan fingerprint density at radius 1 is 1.31 bits per heavy atom. The summed E-state index contributed by atoms with van der Waals surface area (Å²) >= 11 is 10.8. The zero-order valence-electron chi connectivity index (χ0n) is 8.88. The molecule has 0 unspecified atom stereocenters. The van der Waals surface area contributed by atoms with Gasteiger partial charge in [-0.1, -0.05) is 51.6 Å². The maximum atomic E-state index is 3.61. The fourth-order valence-corrected chi connectivity index (χ4v) is 5.09. The van der Waals surface area contributed by atoms with Gasteiger partial charge in [0.1, 0.15) is 0 Å². The highest BCUT2D eigenvalue weighted by molar-refractivity contribution is 9.11. The van der Waals surface area contributed by atoms with Crippen LogP contribution in [0.15, 0.2) is 52.8 Å². The van der Waals surface area contributed by atoms with Crippen molar-refractivity contribution in [2.24, 2.45) is 0 Å². The van der Waals surface area contributed by atoms with E-state index in [1.165, 1.54) is 28.6 Å². The van der Waals surface area contributed by atoms with Gasteiger partial charge in [0.25, 0.3) is 0 Å². The third-order valence-electron chi connectivity index (χ3n) is 2.15. The summed E-state index contributed by atoms with van der Waals surface area (Å²) in [4.78, 5) is 5.27. The third kappa shape index (κ3) is 2.45. The van der Waals surface area contributed by atoms with Crippen LogP contribution in [0.4, 0.5) is 0 Å². The van der Waals surface area contributed by atoms with Crippen LogP contribution in [0, 0.1) is 0 Å². The summed E-state index contributed by atoms with van der Waals surface area (Å²) in [5, 5.41) is 0. The highest BCUT2D eigenvalue weighted by Crippen LogP contribution is 2.53. The van der Waals surface area contributed by atoms with Crippen LogP contribution in [-0.4, -0.2) is 0 Å². The van der Waals surface area contributed by atoms with Crippen LogP contribution in [0.1, 0.15) is 13.8 Å². The van der Waals surface area contributed by atoms with Gasteiger partial charge in [-0.25, -0.2) is 0 Å². The molecule has 2 rings (SSSR count). The van der Waals surface area contributed by atoms with Crippen LogP contribution in [0.2, 0.25) is 0 Å². The molecule has 1 aliphatic rings. The topological polar surface area (TPSA) is 0 Å². The van der Waals surface area contributed by atoms with Crippen molar-refractivity contribution >= 4 is 55.4 Å². The molecule has 0 saturated heterocycles. The first-order chi connectivity index (χ1) is 7.63. The quantitative estimate of drug-likeness (QED) is 0.529. The monoisotopic (exact) mass is 376 g/mol. The summed E-state index contributed by atoms with van der Waals surface area (Å²) in [6, 6.07) is 6.34. The number of halogens is 2. The molecule has 1 aromatic carbocycles. The second-order valence-electron chi connectivity index (χ2n) is 3.29. The molecule has 1 aliphatic heterocycles. The summed E-state index contributed by atoms with van der Waals surface area (Å²) in [5.74, 6) is 0.